The predicted octanol–water partition coefficient (Wildman–Crippen LogP) is 2.59. The molecule has 0 radical (unpaired) electrons. The van der Waals surface area contributed by atoms with E-state index in [0.717, 1.165) is 35.4 Å². The van der Waals surface area contributed by atoms with Crippen molar-refractivity contribution in [3.63, 3.8) is 0 Å². The molecule has 0 saturated carbocycles. The molecule has 1 fully saturated rings. The molecule has 3 rings (SSSR count). The van der Waals surface area contributed by atoms with Crippen molar-refractivity contribution in [2.24, 2.45) is 0 Å². The van der Waals surface area contributed by atoms with Crippen LogP contribution in [-0.4, -0.2) is 18.1 Å². The lowest BCUT2D eigenvalue weighted by Gasteiger charge is -2.24. The second-order valence-corrected chi connectivity index (χ2v) is 5.10. The Kier molecular flexibility index (Phi) is 2.92. The Morgan fingerprint density at radius 1 is 1.28 bits per heavy atom. The van der Waals surface area contributed by atoms with Crippen LogP contribution >= 0.6 is 0 Å². The van der Waals surface area contributed by atoms with Gasteiger partial charge in [0.1, 0.15) is 0 Å². The third-order valence-corrected chi connectivity index (χ3v) is 3.90. The summed E-state index contributed by atoms with van der Waals surface area (Å²) in [6.45, 7) is 4.32. The molecule has 0 unspecified atom stereocenters. The van der Waals surface area contributed by atoms with Gasteiger partial charge in [-0.25, -0.2) is 0 Å². The number of nitrogen functional groups attached to an aromatic ring is 1. The maximum Gasteiger partial charge on any atom is 0.0726 e. The molecule has 18 heavy (non-hydrogen) atoms. The molecule has 1 aliphatic rings. The predicted molar refractivity (Wildman–Crippen MR) is 75.7 cm³/mol. The molecule has 1 saturated heterocycles. The molecule has 0 atom stereocenters. The maximum atomic E-state index is 6.05. The minimum atomic E-state index is 0.628. The van der Waals surface area contributed by atoms with E-state index in [2.05, 4.69) is 18.3 Å². The molecule has 0 amide bonds. The van der Waals surface area contributed by atoms with Gasteiger partial charge in [0.2, 0.25) is 0 Å². The summed E-state index contributed by atoms with van der Waals surface area (Å²) < 4.78 is 0. The molecule has 0 bridgehead atoms. The molecular formula is C15H19N3. The number of fused-ring (bicyclic) bond motifs is 1. The van der Waals surface area contributed by atoms with E-state index in [1.807, 2.05) is 18.2 Å². The summed E-state index contributed by atoms with van der Waals surface area (Å²) in [4.78, 5) is 4.71. The Hall–Kier alpha value is -1.61. The Bertz CT molecular complexity index is 571. The van der Waals surface area contributed by atoms with Crippen LogP contribution < -0.4 is 11.1 Å². The third kappa shape index (κ3) is 1.95. The molecule has 0 spiro atoms. The minimum Gasteiger partial charge on any atom is -0.398 e. The van der Waals surface area contributed by atoms with Gasteiger partial charge in [-0.15, -0.1) is 0 Å². The van der Waals surface area contributed by atoms with E-state index in [4.69, 9.17) is 10.7 Å². The molecule has 94 valence electrons. The van der Waals surface area contributed by atoms with Gasteiger partial charge in [0.15, 0.2) is 0 Å². The quantitative estimate of drug-likeness (QED) is 0.754. The monoisotopic (exact) mass is 241 g/mol. The Morgan fingerprint density at radius 3 is 2.83 bits per heavy atom. The molecule has 2 heterocycles. The molecule has 3 N–H and O–H groups in total. The minimum absolute atomic E-state index is 0.628. The fourth-order valence-electron chi connectivity index (χ4n) is 2.88. The standard InChI is InChI=1S/C15H19N3/c1-10-12(11-5-7-17-8-6-11)9-13-14(16)3-2-4-15(13)18-10/h2-4,9,11,17H,5-8,16H2,1H3. The zero-order valence-corrected chi connectivity index (χ0v) is 10.7. The van der Waals surface area contributed by atoms with E-state index >= 15 is 0 Å². The van der Waals surface area contributed by atoms with Crippen molar-refractivity contribution >= 4 is 16.6 Å². The van der Waals surface area contributed by atoms with E-state index < -0.39 is 0 Å². The highest BCUT2D eigenvalue weighted by Crippen LogP contribution is 2.31. The van der Waals surface area contributed by atoms with Crippen LogP contribution in [0.1, 0.15) is 30.0 Å². The molecule has 2 aromatic rings. The van der Waals surface area contributed by atoms with Crippen LogP contribution in [0.5, 0.6) is 0 Å². The normalized spacial score (nSPS) is 17.2. The van der Waals surface area contributed by atoms with Crippen LogP contribution in [0, 0.1) is 6.92 Å². The van der Waals surface area contributed by atoms with Gasteiger partial charge in [-0.3, -0.25) is 4.98 Å². The van der Waals surface area contributed by atoms with Crippen molar-refractivity contribution in [2.45, 2.75) is 25.7 Å². The number of nitrogens with two attached hydrogens (primary N) is 1. The molecule has 1 aliphatic heterocycles. The van der Waals surface area contributed by atoms with E-state index in [0.29, 0.717) is 5.92 Å². The summed E-state index contributed by atoms with van der Waals surface area (Å²) in [5.74, 6) is 0.628. The summed E-state index contributed by atoms with van der Waals surface area (Å²) >= 11 is 0. The number of piperidine rings is 1. The molecule has 1 aromatic heterocycles. The van der Waals surface area contributed by atoms with Gasteiger partial charge in [0.05, 0.1) is 5.52 Å². The number of hydrogen-bond acceptors (Lipinski definition) is 3. The summed E-state index contributed by atoms with van der Waals surface area (Å²) in [6, 6.07) is 8.20. The number of nitrogens with one attached hydrogen (secondary N) is 1. The van der Waals surface area contributed by atoms with Crippen LogP contribution in [0.4, 0.5) is 5.69 Å². The first-order chi connectivity index (χ1) is 8.75. The van der Waals surface area contributed by atoms with Gasteiger partial charge in [-0.2, -0.15) is 0 Å². The molecule has 3 heteroatoms. The zero-order chi connectivity index (χ0) is 12.5. The number of hydrogen-bond donors (Lipinski definition) is 2. The molecule has 3 nitrogen and oxygen atoms in total. The van der Waals surface area contributed by atoms with Crippen LogP contribution in [0.15, 0.2) is 24.3 Å². The average Bonchev–Trinajstić information content (AvgIpc) is 2.39. The Morgan fingerprint density at radius 2 is 2.06 bits per heavy atom. The highest BCUT2D eigenvalue weighted by Gasteiger charge is 2.18. The van der Waals surface area contributed by atoms with Crippen LogP contribution in [0.2, 0.25) is 0 Å². The number of anilines is 1. The summed E-state index contributed by atoms with van der Waals surface area (Å²) in [5, 5.41) is 4.50. The lowest BCUT2D eigenvalue weighted by molar-refractivity contribution is 0.458. The molecule has 1 aromatic carbocycles. The highest BCUT2D eigenvalue weighted by atomic mass is 14.9. The van der Waals surface area contributed by atoms with Crippen LogP contribution in [-0.2, 0) is 0 Å². The fraction of sp³-hybridized carbons (Fsp3) is 0.400. The lowest BCUT2D eigenvalue weighted by atomic mass is 9.88. The van der Waals surface area contributed by atoms with Gasteiger partial charge in [-0.1, -0.05) is 6.07 Å². The highest BCUT2D eigenvalue weighted by molar-refractivity contribution is 5.90. The van der Waals surface area contributed by atoms with Crippen molar-refractivity contribution < 1.29 is 0 Å². The number of nitrogens with zero attached hydrogens (tertiary/aromatic N) is 1. The van der Waals surface area contributed by atoms with Crippen molar-refractivity contribution in [1.29, 1.82) is 0 Å². The Balaban J connectivity index is 2.11. The third-order valence-electron chi connectivity index (χ3n) is 3.90. The average molecular weight is 241 g/mol. The van der Waals surface area contributed by atoms with Crippen molar-refractivity contribution in [3.05, 3.63) is 35.5 Å². The first-order valence-electron chi connectivity index (χ1n) is 6.62. The zero-order valence-electron chi connectivity index (χ0n) is 10.7. The van der Waals surface area contributed by atoms with Gasteiger partial charge in [0.25, 0.3) is 0 Å². The van der Waals surface area contributed by atoms with E-state index in [-0.39, 0.29) is 0 Å². The van der Waals surface area contributed by atoms with Gasteiger partial charge in [0, 0.05) is 16.8 Å². The molecular weight excluding hydrogens is 222 g/mol. The maximum absolute atomic E-state index is 6.05. The van der Waals surface area contributed by atoms with Crippen molar-refractivity contribution in [3.8, 4) is 0 Å². The molecule has 0 aliphatic carbocycles. The van der Waals surface area contributed by atoms with Gasteiger partial charge in [-0.05, 0) is 62.5 Å². The van der Waals surface area contributed by atoms with Crippen molar-refractivity contribution in [1.82, 2.24) is 10.3 Å². The number of aromatic nitrogens is 1. The summed E-state index contributed by atoms with van der Waals surface area (Å²) in [6.07, 6.45) is 2.39. The van der Waals surface area contributed by atoms with Crippen LogP contribution in [0.25, 0.3) is 10.9 Å². The summed E-state index contributed by atoms with van der Waals surface area (Å²) in [5.41, 5.74) is 10.4. The fourth-order valence-corrected chi connectivity index (χ4v) is 2.88. The Labute approximate surface area is 107 Å². The number of pyridine rings is 1. The second kappa shape index (κ2) is 4.58. The van der Waals surface area contributed by atoms with Crippen molar-refractivity contribution in [2.75, 3.05) is 18.8 Å². The second-order valence-electron chi connectivity index (χ2n) is 5.10. The van der Waals surface area contributed by atoms with Crippen LogP contribution in [0.3, 0.4) is 0 Å². The van der Waals surface area contributed by atoms with E-state index in [1.165, 1.54) is 18.4 Å². The van der Waals surface area contributed by atoms with E-state index in [9.17, 15) is 0 Å². The first kappa shape index (κ1) is 11.5. The van der Waals surface area contributed by atoms with E-state index in [1.54, 1.807) is 0 Å². The van der Waals surface area contributed by atoms with Gasteiger partial charge < -0.3 is 11.1 Å². The SMILES string of the molecule is Cc1nc2cccc(N)c2cc1C1CCNCC1. The first-order valence-corrected chi connectivity index (χ1v) is 6.62. The topological polar surface area (TPSA) is 50.9 Å². The number of benzene rings is 1. The number of aryl methyl sites for hydroxylation is 1. The number of rotatable bonds is 1. The van der Waals surface area contributed by atoms with Gasteiger partial charge >= 0.3 is 0 Å². The smallest absolute Gasteiger partial charge is 0.0726 e. The summed E-state index contributed by atoms with van der Waals surface area (Å²) in [7, 11) is 0. The largest absolute Gasteiger partial charge is 0.398 e. The lowest BCUT2D eigenvalue weighted by Crippen LogP contribution is -2.27.